The number of likely N-dealkylation sites (tertiary alicyclic amines) is 2. The van der Waals surface area contributed by atoms with E-state index in [1.807, 2.05) is 27.9 Å². The van der Waals surface area contributed by atoms with E-state index < -0.39 is 0 Å². The van der Waals surface area contributed by atoms with Gasteiger partial charge in [0.2, 0.25) is 5.95 Å². The van der Waals surface area contributed by atoms with Crippen LogP contribution in [0.2, 0.25) is 5.02 Å². The third-order valence-electron chi connectivity index (χ3n) is 6.80. The maximum absolute atomic E-state index is 13.2. The van der Waals surface area contributed by atoms with E-state index in [-0.39, 0.29) is 11.9 Å². The van der Waals surface area contributed by atoms with Gasteiger partial charge in [0.15, 0.2) is 0 Å². The van der Waals surface area contributed by atoms with Crippen LogP contribution in [0.1, 0.15) is 30.2 Å². The summed E-state index contributed by atoms with van der Waals surface area (Å²) in [7, 11) is 3.73. The maximum Gasteiger partial charge on any atom is 0.254 e. The maximum atomic E-state index is 13.2. The van der Waals surface area contributed by atoms with Crippen LogP contribution in [-0.2, 0) is 0 Å². The summed E-state index contributed by atoms with van der Waals surface area (Å²) < 4.78 is 7.45. The molecule has 1 amide bonds. The van der Waals surface area contributed by atoms with Crippen molar-refractivity contribution < 1.29 is 9.53 Å². The Morgan fingerprint density at radius 2 is 1.91 bits per heavy atom. The highest BCUT2D eigenvalue weighted by Gasteiger charge is 2.40. The Morgan fingerprint density at radius 3 is 2.57 bits per heavy atom. The van der Waals surface area contributed by atoms with Crippen molar-refractivity contribution in [3.05, 3.63) is 47.4 Å². The highest BCUT2D eigenvalue weighted by atomic mass is 35.5. The number of amides is 1. The van der Waals surface area contributed by atoms with Crippen LogP contribution < -0.4 is 10.1 Å². The lowest BCUT2D eigenvalue weighted by Gasteiger charge is -2.20. The van der Waals surface area contributed by atoms with Crippen molar-refractivity contribution in [3.63, 3.8) is 0 Å². The number of fused-ring (bicyclic) bond motifs is 1. The van der Waals surface area contributed by atoms with Gasteiger partial charge in [0, 0.05) is 49.5 Å². The molecule has 184 valence electrons. The van der Waals surface area contributed by atoms with Gasteiger partial charge in [0.1, 0.15) is 5.75 Å². The minimum Gasteiger partial charge on any atom is -0.495 e. The molecule has 4 heterocycles. The molecule has 2 aliphatic rings. The molecule has 0 bridgehead atoms. The highest BCUT2D eigenvalue weighted by Crippen LogP contribution is 2.34. The SMILES string of the molecule is COc1cc(C(=O)N2CC3CN(C)CC3C2)ccc1Nc1ncc(Cl)c(-c2cnn(C(C)C)c2)n1. The number of nitrogens with one attached hydrogen (secondary N) is 1. The molecule has 0 aliphatic carbocycles. The number of rotatable bonds is 6. The van der Waals surface area contributed by atoms with E-state index in [1.54, 1.807) is 25.6 Å². The average Bonchev–Trinajstić information content (AvgIpc) is 3.55. The minimum atomic E-state index is 0.0408. The first kappa shape index (κ1) is 23.6. The Bertz CT molecular complexity index is 1230. The zero-order valence-electron chi connectivity index (χ0n) is 20.4. The van der Waals surface area contributed by atoms with Crippen molar-refractivity contribution >= 4 is 29.1 Å². The molecule has 9 nitrogen and oxygen atoms in total. The number of anilines is 2. The van der Waals surface area contributed by atoms with Crippen molar-refractivity contribution in [1.82, 2.24) is 29.5 Å². The van der Waals surface area contributed by atoms with E-state index in [2.05, 4.69) is 46.2 Å². The van der Waals surface area contributed by atoms with Gasteiger partial charge in [-0.1, -0.05) is 11.6 Å². The van der Waals surface area contributed by atoms with Gasteiger partial charge in [-0.3, -0.25) is 9.48 Å². The first-order valence-electron chi connectivity index (χ1n) is 11.8. The van der Waals surface area contributed by atoms with Crippen LogP contribution in [0.5, 0.6) is 5.75 Å². The van der Waals surface area contributed by atoms with Gasteiger partial charge in [0.05, 0.1) is 35.9 Å². The number of ether oxygens (including phenoxy) is 1. The number of carbonyl (C=O) groups is 1. The Labute approximate surface area is 210 Å². The number of carbonyl (C=O) groups excluding carboxylic acids is 1. The van der Waals surface area contributed by atoms with Gasteiger partial charge in [-0.05, 0) is 50.9 Å². The molecule has 2 fully saturated rings. The summed E-state index contributed by atoms with van der Waals surface area (Å²) in [5.74, 6) is 2.09. The van der Waals surface area contributed by atoms with Gasteiger partial charge in [0.25, 0.3) is 5.91 Å². The van der Waals surface area contributed by atoms with Crippen LogP contribution >= 0.6 is 11.6 Å². The first-order valence-corrected chi connectivity index (χ1v) is 12.2. The van der Waals surface area contributed by atoms with Crippen LogP contribution in [0.3, 0.4) is 0 Å². The van der Waals surface area contributed by atoms with Crippen LogP contribution in [-0.4, -0.2) is 75.8 Å². The fraction of sp³-hybridized carbons (Fsp3) is 0.440. The molecule has 0 spiro atoms. The normalized spacial score (nSPS) is 19.9. The Hall–Kier alpha value is -3.17. The first-order chi connectivity index (χ1) is 16.8. The van der Waals surface area contributed by atoms with E-state index in [9.17, 15) is 4.79 Å². The zero-order valence-corrected chi connectivity index (χ0v) is 21.2. The van der Waals surface area contributed by atoms with Gasteiger partial charge < -0.3 is 19.9 Å². The molecule has 2 atom stereocenters. The summed E-state index contributed by atoms with van der Waals surface area (Å²) in [5, 5.41) is 8.01. The summed E-state index contributed by atoms with van der Waals surface area (Å²) in [6, 6.07) is 5.64. The molecule has 2 aromatic heterocycles. The van der Waals surface area contributed by atoms with Crippen molar-refractivity contribution in [1.29, 1.82) is 0 Å². The molecule has 1 N–H and O–H groups in total. The smallest absolute Gasteiger partial charge is 0.254 e. The molecule has 2 saturated heterocycles. The average molecular weight is 496 g/mol. The van der Waals surface area contributed by atoms with E-state index in [1.165, 1.54) is 0 Å². The largest absolute Gasteiger partial charge is 0.495 e. The highest BCUT2D eigenvalue weighted by molar-refractivity contribution is 6.32. The quantitative estimate of drug-likeness (QED) is 0.553. The molecule has 10 heteroatoms. The van der Waals surface area contributed by atoms with E-state index in [0.29, 0.717) is 45.5 Å². The summed E-state index contributed by atoms with van der Waals surface area (Å²) in [6.45, 7) is 7.85. The molecule has 2 unspecified atom stereocenters. The number of halogens is 1. The summed E-state index contributed by atoms with van der Waals surface area (Å²) >= 11 is 6.38. The van der Waals surface area contributed by atoms with E-state index >= 15 is 0 Å². The Balaban J connectivity index is 1.34. The molecule has 1 aromatic carbocycles. The molecular weight excluding hydrogens is 466 g/mol. The predicted molar refractivity (Wildman–Crippen MR) is 135 cm³/mol. The number of aromatic nitrogens is 4. The molecular formula is C25H30ClN7O2. The van der Waals surface area contributed by atoms with Gasteiger partial charge >= 0.3 is 0 Å². The Morgan fingerprint density at radius 1 is 1.17 bits per heavy atom. The number of nitrogens with zero attached hydrogens (tertiary/aromatic N) is 6. The minimum absolute atomic E-state index is 0.0408. The fourth-order valence-electron chi connectivity index (χ4n) is 5.00. The predicted octanol–water partition coefficient (Wildman–Crippen LogP) is 3.96. The second kappa shape index (κ2) is 9.47. The summed E-state index contributed by atoms with van der Waals surface area (Å²) in [6.07, 6.45) is 5.21. The number of hydrogen-bond donors (Lipinski definition) is 1. The number of methoxy groups -OCH3 is 1. The van der Waals surface area contributed by atoms with Gasteiger partial charge in [-0.25, -0.2) is 9.97 Å². The molecule has 3 aromatic rings. The van der Waals surface area contributed by atoms with E-state index in [0.717, 1.165) is 31.7 Å². The second-order valence-corrected chi connectivity index (χ2v) is 10.1. The third kappa shape index (κ3) is 4.70. The van der Waals surface area contributed by atoms with Gasteiger partial charge in [-0.2, -0.15) is 5.10 Å². The molecule has 0 radical (unpaired) electrons. The van der Waals surface area contributed by atoms with E-state index in [4.69, 9.17) is 16.3 Å². The van der Waals surface area contributed by atoms with Crippen molar-refractivity contribution in [2.45, 2.75) is 19.9 Å². The van der Waals surface area contributed by atoms with Crippen molar-refractivity contribution in [3.8, 4) is 17.0 Å². The topological polar surface area (TPSA) is 88.4 Å². The lowest BCUT2D eigenvalue weighted by atomic mass is 10.0. The number of benzene rings is 1. The monoisotopic (exact) mass is 495 g/mol. The summed E-state index contributed by atoms with van der Waals surface area (Å²) in [5.41, 5.74) is 2.67. The number of hydrogen-bond acceptors (Lipinski definition) is 7. The standard InChI is InChI=1S/C25H30ClN7O2/c1-15(2)33-14-17(8-28-33)23-20(26)9-27-25(30-23)29-21-6-5-16(7-22(21)35-4)24(34)32-12-18-10-31(3)11-19(18)13-32/h5-9,14-15,18-19H,10-13H2,1-4H3,(H,27,29,30). The summed E-state index contributed by atoms with van der Waals surface area (Å²) in [4.78, 5) is 26.4. The van der Waals surface area contributed by atoms with Crippen LogP contribution in [0.25, 0.3) is 11.3 Å². The molecule has 2 aliphatic heterocycles. The van der Waals surface area contributed by atoms with Crippen LogP contribution in [0.4, 0.5) is 11.6 Å². The zero-order chi connectivity index (χ0) is 24.7. The molecule has 35 heavy (non-hydrogen) atoms. The molecule has 0 saturated carbocycles. The second-order valence-electron chi connectivity index (χ2n) is 9.68. The van der Waals surface area contributed by atoms with Crippen molar-refractivity contribution in [2.24, 2.45) is 11.8 Å². The van der Waals surface area contributed by atoms with Crippen molar-refractivity contribution in [2.75, 3.05) is 45.7 Å². The third-order valence-corrected chi connectivity index (χ3v) is 7.08. The lowest BCUT2D eigenvalue weighted by Crippen LogP contribution is -2.32. The van der Waals surface area contributed by atoms with Crippen LogP contribution in [0, 0.1) is 11.8 Å². The van der Waals surface area contributed by atoms with Gasteiger partial charge in [-0.15, -0.1) is 0 Å². The molecule has 5 rings (SSSR count). The fourth-order valence-corrected chi connectivity index (χ4v) is 5.20. The Kier molecular flexibility index (Phi) is 6.37. The van der Waals surface area contributed by atoms with Crippen LogP contribution in [0.15, 0.2) is 36.8 Å². The lowest BCUT2D eigenvalue weighted by molar-refractivity contribution is 0.0775.